The van der Waals surface area contributed by atoms with Crippen LogP contribution in [0.2, 0.25) is 0 Å². The predicted octanol–water partition coefficient (Wildman–Crippen LogP) is 0.816. The molecular weight excluding hydrogens is 252 g/mol. The zero-order valence-electron chi connectivity index (χ0n) is 11.8. The lowest BCUT2D eigenvalue weighted by Crippen LogP contribution is -2.39. The zero-order chi connectivity index (χ0) is 14.4. The van der Waals surface area contributed by atoms with Crippen LogP contribution in [0.4, 0.5) is 5.69 Å². The summed E-state index contributed by atoms with van der Waals surface area (Å²) in [7, 11) is 1.78. The fraction of sp³-hybridized carbons (Fsp3) is 0.467. The highest BCUT2D eigenvalue weighted by molar-refractivity contribution is 5.94. The molecule has 1 aliphatic rings. The average molecular weight is 272 g/mol. The first-order valence-corrected chi connectivity index (χ1v) is 6.90. The van der Waals surface area contributed by atoms with Crippen LogP contribution >= 0.6 is 0 Å². The first-order valence-electron chi connectivity index (χ1n) is 6.90. The van der Waals surface area contributed by atoms with Gasteiger partial charge in [-0.25, -0.2) is 0 Å². The Morgan fingerprint density at radius 1 is 1.35 bits per heavy atom. The molecule has 1 heterocycles. The second kappa shape index (κ2) is 7.04. The van der Waals surface area contributed by atoms with E-state index in [1.165, 1.54) is 0 Å². The number of likely N-dealkylation sites (N-methyl/N-ethyl adjacent to an activating group) is 1. The molecule has 1 aromatic rings. The number of carbonyl (C=O) groups excluding carboxylic acids is 1. The van der Waals surface area contributed by atoms with Gasteiger partial charge in [0.2, 0.25) is 5.91 Å². The molecule has 1 aliphatic heterocycles. The Kier molecular flexibility index (Phi) is 5.10. The Balaban J connectivity index is 1.95. The average Bonchev–Trinajstić information content (AvgIpc) is 2.75. The molecule has 0 aliphatic carbocycles. The second-order valence-corrected chi connectivity index (χ2v) is 4.99. The standard InChI is InChI=1S/C15H20N4O/c1-18(14-5-3-13(11-16)4-6-14)15(20)12-19-9-2-7-17-8-10-19/h3-6,17H,2,7-10,12H2,1H3. The van der Waals surface area contributed by atoms with Gasteiger partial charge in [0, 0.05) is 25.8 Å². The lowest BCUT2D eigenvalue weighted by atomic mass is 10.2. The third kappa shape index (κ3) is 3.80. The number of carbonyl (C=O) groups is 1. The number of hydrogen-bond donors (Lipinski definition) is 1. The van der Waals surface area contributed by atoms with Crippen molar-refractivity contribution in [3.63, 3.8) is 0 Å². The topological polar surface area (TPSA) is 59.4 Å². The molecule has 0 bridgehead atoms. The molecule has 0 unspecified atom stereocenters. The summed E-state index contributed by atoms with van der Waals surface area (Å²) in [6.07, 6.45) is 1.08. The van der Waals surface area contributed by atoms with Crippen molar-refractivity contribution in [3.05, 3.63) is 29.8 Å². The normalized spacial score (nSPS) is 16.2. The number of nitrogens with zero attached hydrogens (tertiary/aromatic N) is 3. The van der Waals surface area contributed by atoms with Crippen LogP contribution in [0.15, 0.2) is 24.3 Å². The van der Waals surface area contributed by atoms with Crippen molar-refractivity contribution >= 4 is 11.6 Å². The second-order valence-electron chi connectivity index (χ2n) is 4.99. The van der Waals surface area contributed by atoms with Gasteiger partial charge >= 0.3 is 0 Å². The van der Waals surface area contributed by atoms with E-state index >= 15 is 0 Å². The number of nitriles is 1. The summed E-state index contributed by atoms with van der Waals surface area (Å²) in [4.78, 5) is 16.1. The van der Waals surface area contributed by atoms with E-state index in [-0.39, 0.29) is 5.91 Å². The van der Waals surface area contributed by atoms with Gasteiger partial charge in [0.1, 0.15) is 0 Å². The molecule has 1 fully saturated rings. The van der Waals surface area contributed by atoms with Crippen LogP contribution < -0.4 is 10.2 Å². The van der Waals surface area contributed by atoms with Crippen LogP contribution in [0.5, 0.6) is 0 Å². The molecule has 1 saturated heterocycles. The molecule has 5 heteroatoms. The summed E-state index contributed by atoms with van der Waals surface area (Å²) in [6, 6.07) is 9.15. The summed E-state index contributed by atoms with van der Waals surface area (Å²) >= 11 is 0. The molecule has 106 valence electrons. The number of amides is 1. The van der Waals surface area contributed by atoms with Crippen LogP contribution in [-0.4, -0.2) is 50.6 Å². The van der Waals surface area contributed by atoms with E-state index in [1.54, 1.807) is 36.2 Å². The number of benzene rings is 1. The maximum atomic E-state index is 12.3. The SMILES string of the molecule is CN(C(=O)CN1CCCNCC1)c1ccc(C#N)cc1. The smallest absolute Gasteiger partial charge is 0.240 e. The van der Waals surface area contributed by atoms with Crippen LogP contribution in [0.1, 0.15) is 12.0 Å². The van der Waals surface area contributed by atoms with Crippen molar-refractivity contribution in [2.24, 2.45) is 0 Å². The van der Waals surface area contributed by atoms with Crippen molar-refractivity contribution < 1.29 is 4.79 Å². The van der Waals surface area contributed by atoms with E-state index in [2.05, 4.69) is 16.3 Å². The van der Waals surface area contributed by atoms with Gasteiger partial charge in [-0.05, 0) is 43.8 Å². The van der Waals surface area contributed by atoms with E-state index in [1.807, 2.05) is 0 Å². The zero-order valence-corrected chi connectivity index (χ0v) is 11.8. The maximum absolute atomic E-state index is 12.3. The van der Waals surface area contributed by atoms with Crippen molar-refractivity contribution in [2.45, 2.75) is 6.42 Å². The van der Waals surface area contributed by atoms with Gasteiger partial charge in [-0.2, -0.15) is 5.26 Å². The largest absolute Gasteiger partial charge is 0.315 e. The Morgan fingerprint density at radius 2 is 2.10 bits per heavy atom. The van der Waals surface area contributed by atoms with Crippen LogP contribution in [-0.2, 0) is 4.79 Å². The first-order chi connectivity index (χ1) is 9.70. The van der Waals surface area contributed by atoms with E-state index < -0.39 is 0 Å². The lowest BCUT2D eigenvalue weighted by molar-refractivity contribution is -0.119. The van der Waals surface area contributed by atoms with Crippen LogP contribution in [0.25, 0.3) is 0 Å². The Morgan fingerprint density at radius 3 is 2.80 bits per heavy atom. The molecule has 0 radical (unpaired) electrons. The van der Waals surface area contributed by atoms with Gasteiger partial charge in [-0.1, -0.05) is 0 Å². The predicted molar refractivity (Wildman–Crippen MR) is 78.5 cm³/mol. The fourth-order valence-electron chi connectivity index (χ4n) is 2.26. The molecule has 1 N–H and O–H groups in total. The third-order valence-electron chi connectivity index (χ3n) is 3.55. The van der Waals surface area contributed by atoms with E-state index in [9.17, 15) is 4.79 Å². The van der Waals surface area contributed by atoms with E-state index in [0.717, 1.165) is 38.3 Å². The van der Waals surface area contributed by atoms with Crippen LogP contribution in [0, 0.1) is 11.3 Å². The van der Waals surface area contributed by atoms with Crippen molar-refractivity contribution in [1.29, 1.82) is 5.26 Å². The van der Waals surface area contributed by atoms with E-state index in [0.29, 0.717) is 12.1 Å². The molecular formula is C15H20N4O. The molecule has 2 rings (SSSR count). The highest BCUT2D eigenvalue weighted by Gasteiger charge is 2.16. The van der Waals surface area contributed by atoms with Crippen molar-refractivity contribution in [3.8, 4) is 6.07 Å². The summed E-state index contributed by atoms with van der Waals surface area (Å²) in [5.41, 5.74) is 1.43. The number of nitrogens with one attached hydrogen (secondary N) is 1. The quantitative estimate of drug-likeness (QED) is 0.885. The summed E-state index contributed by atoms with van der Waals surface area (Å²) in [5, 5.41) is 12.1. The third-order valence-corrected chi connectivity index (χ3v) is 3.55. The molecule has 1 amide bonds. The van der Waals surface area contributed by atoms with Crippen molar-refractivity contribution in [2.75, 3.05) is 44.7 Å². The maximum Gasteiger partial charge on any atom is 0.240 e. The molecule has 0 aromatic heterocycles. The van der Waals surface area contributed by atoms with Crippen molar-refractivity contribution in [1.82, 2.24) is 10.2 Å². The minimum Gasteiger partial charge on any atom is -0.315 e. The molecule has 5 nitrogen and oxygen atoms in total. The number of hydrogen-bond acceptors (Lipinski definition) is 4. The van der Waals surface area contributed by atoms with Crippen LogP contribution in [0.3, 0.4) is 0 Å². The summed E-state index contributed by atoms with van der Waals surface area (Å²) < 4.78 is 0. The van der Waals surface area contributed by atoms with Gasteiger partial charge in [-0.3, -0.25) is 9.69 Å². The molecule has 0 saturated carbocycles. The number of rotatable bonds is 3. The molecule has 0 spiro atoms. The molecule has 20 heavy (non-hydrogen) atoms. The lowest BCUT2D eigenvalue weighted by Gasteiger charge is -2.23. The highest BCUT2D eigenvalue weighted by atomic mass is 16.2. The fourth-order valence-corrected chi connectivity index (χ4v) is 2.26. The Labute approximate surface area is 119 Å². The summed E-state index contributed by atoms with van der Waals surface area (Å²) in [6.45, 7) is 4.27. The van der Waals surface area contributed by atoms with Gasteiger partial charge in [0.05, 0.1) is 18.2 Å². The highest BCUT2D eigenvalue weighted by Crippen LogP contribution is 2.14. The van der Waals surface area contributed by atoms with Gasteiger partial charge in [0.25, 0.3) is 0 Å². The molecule has 0 atom stereocenters. The number of anilines is 1. The Hall–Kier alpha value is -1.90. The van der Waals surface area contributed by atoms with E-state index in [4.69, 9.17) is 5.26 Å². The minimum atomic E-state index is 0.0802. The van der Waals surface area contributed by atoms with Gasteiger partial charge in [-0.15, -0.1) is 0 Å². The molecule has 1 aromatic carbocycles. The minimum absolute atomic E-state index is 0.0802. The summed E-state index contributed by atoms with van der Waals surface area (Å²) in [5.74, 6) is 0.0802. The Bertz CT molecular complexity index is 484. The first kappa shape index (κ1) is 14.5. The van der Waals surface area contributed by atoms with Gasteiger partial charge in [0.15, 0.2) is 0 Å². The van der Waals surface area contributed by atoms with Gasteiger partial charge < -0.3 is 10.2 Å². The monoisotopic (exact) mass is 272 g/mol.